The average molecular weight is 468 g/mol. The Bertz CT molecular complexity index is 1080. The fourth-order valence-corrected chi connectivity index (χ4v) is 4.77. The minimum Gasteiger partial charge on any atom is -0.493 e. The molecule has 1 saturated heterocycles. The molecule has 2 heterocycles. The van der Waals surface area contributed by atoms with Crippen LogP contribution in [0, 0.1) is 0 Å². The van der Waals surface area contributed by atoms with Crippen LogP contribution in [0.2, 0.25) is 0 Å². The number of likely N-dealkylation sites (N-methyl/N-ethyl adjacent to an activating group) is 1. The van der Waals surface area contributed by atoms with Crippen molar-refractivity contribution in [2.75, 3.05) is 64.8 Å². The summed E-state index contributed by atoms with van der Waals surface area (Å²) < 4.78 is 16.1. The van der Waals surface area contributed by atoms with Gasteiger partial charge in [-0.1, -0.05) is 12.1 Å². The lowest BCUT2D eigenvalue weighted by Crippen LogP contribution is -2.44. The third kappa shape index (κ3) is 5.07. The zero-order chi connectivity index (χ0) is 23.4. The summed E-state index contributed by atoms with van der Waals surface area (Å²) in [6.45, 7) is 4.24. The summed E-state index contributed by atoms with van der Waals surface area (Å²) in [7, 11) is 6.79. The summed E-state index contributed by atoms with van der Waals surface area (Å²) in [5.74, 6) is 1.27. The van der Waals surface area contributed by atoms with Crippen molar-refractivity contribution in [3.05, 3.63) is 53.4 Å². The first-order chi connectivity index (χ1) is 16.0. The highest BCUT2D eigenvalue weighted by Gasteiger charge is 2.17. The number of carbonyl (C=O) groups excluding carboxylic acids is 1. The van der Waals surface area contributed by atoms with Gasteiger partial charge in [0.15, 0.2) is 11.5 Å². The van der Waals surface area contributed by atoms with Crippen molar-refractivity contribution < 1.29 is 19.0 Å². The number of hydrogen-bond donors (Lipinski definition) is 1. The summed E-state index contributed by atoms with van der Waals surface area (Å²) in [5.41, 5.74) is 2.91. The molecule has 1 aromatic heterocycles. The molecule has 8 heteroatoms. The third-order valence-corrected chi connectivity index (χ3v) is 6.91. The van der Waals surface area contributed by atoms with E-state index in [4.69, 9.17) is 14.2 Å². The van der Waals surface area contributed by atoms with E-state index < -0.39 is 0 Å². The molecule has 1 aliphatic heterocycles. The van der Waals surface area contributed by atoms with Crippen molar-refractivity contribution in [2.24, 2.45) is 0 Å². The van der Waals surface area contributed by atoms with E-state index in [9.17, 15) is 4.79 Å². The van der Waals surface area contributed by atoms with Gasteiger partial charge in [0.05, 0.1) is 26.2 Å². The highest BCUT2D eigenvalue weighted by atomic mass is 32.1. The van der Waals surface area contributed by atoms with E-state index in [0.29, 0.717) is 27.8 Å². The maximum atomic E-state index is 12.9. The molecule has 0 unspecified atom stereocenters. The zero-order valence-corrected chi connectivity index (χ0v) is 20.2. The van der Waals surface area contributed by atoms with Crippen LogP contribution in [0.15, 0.2) is 48.5 Å². The van der Waals surface area contributed by atoms with Gasteiger partial charge in [0, 0.05) is 54.6 Å². The number of rotatable bonds is 7. The molecule has 174 valence electrons. The van der Waals surface area contributed by atoms with Crippen molar-refractivity contribution in [2.45, 2.75) is 0 Å². The second-order valence-corrected chi connectivity index (χ2v) is 8.95. The number of ether oxygens (including phenoxy) is 3. The smallest absolute Gasteiger partial charge is 0.265 e. The molecule has 0 aliphatic carbocycles. The number of amides is 1. The lowest BCUT2D eigenvalue weighted by atomic mass is 10.1. The quantitative estimate of drug-likeness (QED) is 0.554. The van der Waals surface area contributed by atoms with Gasteiger partial charge in [0.2, 0.25) is 5.75 Å². The Hall–Kier alpha value is -3.23. The van der Waals surface area contributed by atoms with E-state index in [0.717, 1.165) is 36.6 Å². The Morgan fingerprint density at radius 1 is 0.879 bits per heavy atom. The van der Waals surface area contributed by atoms with E-state index in [1.54, 1.807) is 33.5 Å². The first-order valence-corrected chi connectivity index (χ1v) is 11.6. The highest BCUT2D eigenvalue weighted by Crippen LogP contribution is 2.40. The number of nitrogens with zero attached hydrogens (tertiary/aromatic N) is 2. The van der Waals surface area contributed by atoms with Gasteiger partial charge in [-0.25, -0.2) is 0 Å². The van der Waals surface area contributed by atoms with Crippen LogP contribution < -0.4 is 24.4 Å². The van der Waals surface area contributed by atoms with Gasteiger partial charge in [-0.3, -0.25) is 4.79 Å². The van der Waals surface area contributed by atoms with Gasteiger partial charge in [-0.15, -0.1) is 11.3 Å². The number of thiophene rings is 1. The van der Waals surface area contributed by atoms with Crippen molar-refractivity contribution in [3.63, 3.8) is 0 Å². The Balaban J connectivity index is 1.46. The molecule has 33 heavy (non-hydrogen) atoms. The Labute approximate surface area is 198 Å². The molecule has 4 rings (SSSR count). The van der Waals surface area contributed by atoms with Crippen molar-refractivity contribution in [1.29, 1.82) is 0 Å². The molecule has 1 fully saturated rings. The molecular formula is C25H29N3O4S. The second kappa shape index (κ2) is 10.1. The topological polar surface area (TPSA) is 63.3 Å². The predicted octanol–water partition coefficient (Wildman–Crippen LogP) is 4.45. The summed E-state index contributed by atoms with van der Waals surface area (Å²) in [6.07, 6.45) is 0. The van der Waals surface area contributed by atoms with Crippen LogP contribution in [-0.2, 0) is 0 Å². The fraction of sp³-hybridized carbons (Fsp3) is 0.320. The molecule has 0 atom stereocenters. The number of methoxy groups -OCH3 is 3. The molecule has 0 bridgehead atoms. The minimum atomic E-state index is -0.186. The zero-order valence-electron chi connectivity index (χ0n) is 19.4. The van der Waals surface area contributed by atoms with Crippen LogP contribution in [0.1, 0.15) is 9.67 Å². The molecule has 0 saturated carbocycles. The predicted molar refractivity (Wildman–Crippen MR) is 134 cm³/mol. The molecular weight excluding hydrogens is 438 g/mol. The standard InChI is InChI=1S/C25H29N3O4S/c1-27-11-13-28(14-12-27)19-7-5-17(6-8-19)22-9-10-23(33-22)25(29)26-18-15-20(30-2)24(32-4)21(16-18)31-3/h5-10,15-16H,11-14H2,1-4H3,(H,26,29). The molecule has 0 spiro atoms. The second-order valence-electron chi connectivity index (χ2n) is 7.87. The first-order valence-electron chi connectivity index (χ1n) is 10.8. The lowest BCUT2D eigenvalue weighted by molar-refractivity contribution is 0.103. The van der Waals surface area contributed by atoms with E-state index in [2.05, 4.69) is 46.4 Å². The number of piperazine rings is 1. The molecule has 7 nitrogen and oxygen atoms in total. The van der Waals surface area contributed by atoms with E-state index in [-0.39, 0.29) is 5.91 Å². The molecule has 0 radical (unpaired) electrons. The third-order valence-electron chi connectivity index (χ3n) is 5.77. The summed E-state index contributed by atoms with van der Waals surface area (Å²) in [6, 6.07) is 15.8. The average Bonchev–Trinajstić information content (AvgIpc) is 3.34. The number of benzene rings is 2. The van der Waals surface area contributed by atoms with E-state index in [1.165, 1.54) is 17.0 Å². The summed E-state index contributed by atoms with van der Waals surface area (Å²) in [5, 5.41) is 2.92. The van der Waals surface area contributed by atoms with Gasteiger partial charge in [0.25, 0.3) is 5.91 Å². The van der Waals surface area contributed by atoms with Crippen LogP contribution in [-0.4, -0.2) is 65.4 Å². The van der Waals surface area contributed by atoms with Crippen LogP contribution >= 0.6 is 11.3 Å². The Morgan fingerprint density at radius 2 is 1.52 bits per heavy atom. The van der Waals surface area contributed by atoms with Crippen LogP contribution in [0.25, 0.3) is 10.4 Å². The highest BCUT2D eigenvalue weighted by molar-refractivity contribution is 7.17. The van der Waals surface area contributed by atoms with E-state index in [1.807, 2.05) is 12.1 Å². The molecule has 1 amide bonds. The van der Waals surface area contributed by atoms with Crippen LogP contribution in [0.3, 0.4) is 0 Å². The van der Waals surface area contributed by atoms with E-state index >= 15 is 0 Å². The fourth-order valence-electron chi connectivity index (χ4n) is 3.86. The number of anilines is 2. The largest absolute Gasteiger partial charge is 0.493 e. The number of nitrogens with one attached hydrogen (secondary N) is 1. The SMILES string of the molecule is COc1cc(NC(=O)c2ccc(-c3ccc(N4CCN(C)CC4)cc3)s2)cc(OC)c1OC. The lowest BCUT2D eigenvalue weighted by Gasteiger charge is -2.34. The minimum absolute atomic E-state index is 0.186. The van der Waals surface area contributed by atoms with Crippen molar-refractivity contribution in [1.82, 2.24) is 4.90 Å². The van der Waals surface area contributed by atoms with Gasteiger partial charge in [-0.2, -0.15) is 0 Å². The molecule has 1 aliphatic rings. The van der Waals surface area contributed by atoms with Gasteiger partial charge >= 0.3 is 0 Å². The summed E-state index contributed by atoms with van der Waals surface area (Å²) >= 11 is 1.46. The van der Waals surface area contributed by atoms with Gasteiger partial charge in [-0.05, 0) is 36.9 Å². The molecule has 2 aromatic carbocycles. The monoisotopic (exact) mass is 467 g/mol. The van der Waals surface area contributed by atoms with Crippen LogP contribution in [0.4, 0.5) is 11.4 Å². The van der Waals surface area contributed by atoms with Crippen LogP contribution in [0.5, 0.6) is 17.2 Å². The maximum Gasteiger partial charge on any atom is 0.265 e. The van der Waals surface area contributed by atoms with Crippen molar-refractivity contribution in [3.8, 4) is 27.7 Å². The first kappa shape index (κ1) is 22.9. The maximum absolute atomic E-state index is 12.9. The molecule has 3 aromatic rings. The number of hydrogen-bond acceptors (Lipinski definition) is 7. The van der Waals surface area contributed by atoms with Gasteiger partial charge < -0.3 is 29.3 Å². The number of carbonyl (C=O) groups is 1. The Morgan fingerprint density at radius 3 is 2.09 bits per heavy atom. The molecule has 1 N–H and O–H groups in total. The Kier molecular flexibility index (Phi) is 7.05. The van der Waals surface area contributed by atoms with Gasteiger partial charge in [0.1, 0.15) is 0 Å². The van der Waals surface area contributed by atoms with Crippen molar-refractivity contribution >= 4 is 28.6 Å². The normalized spacial score (nSPS) is 14.1. The summed E-state index contributed by atoms with van der Waals surface area (Å²) in [4.78, 5) is 19.3.